The Bertz CT molecular complexity index is 1170. The molecule has 1 fully saturated rings. The van der Waals surface area contributed by atoms with E-state index in [4.69, 9.17) is 4.74 Å². The summed E-state index contributed by atoms with van der Waals surface area (Å²) in [7, 11) is 1.70. The lowest BCUT2D eigenvalue weighted by Crippen LogP contribution is -2.51. The number of fused-ring (bicyclic) bond motifs is 2. The lowest BCUT2D eigenvalue weighted by Gasteiger charge is -2.44. The number of amides is 2. The van der Waals surface area contributed by atoms with Crippen molar-refractivity contribution < 1.29 is 14.3 Å². The standard InChI is InChI=1S/C24H25N5O3S/c1-15-20(33-28-27-15)23(31)29-13-10-24(11-14-29)17-8-4-3-7-16(17)19(21(24)32-2)26-22(30)18-9-5-6-12-25-18/h3-9,12,19,21H,10-11,13-14H2,1-2H3,(H,26,30)/t19-,21+/m1/s1. The molecule has 1 N–H and O–H groups in total. The summed E-state index contributed by atoms with van der Waals surface area (Å²) in [6.45, 7) is 3.02. The van der Waals surface area contributed by atoms with Gasteiger partial charge in [0.05, 0.1) is 17.8 Å². The second kappa shape index (κ2) is 8.64. The Balaban J connectivity index is 1.42. The van der Waals surface area contributed by atoms with Crippen molar-refractivity contribution in [3.8, 4) is 0 Å². The summed E-state index contributed by atoms with van der Waals surface area (Å²) in [5.41, 5.74) is 3.01. The fraction of sp³-hybridized carbons (Fsp3) is 0.375. The number of rotatable bonds is 4. The van der Waals surface area contributed by atoms with Crippen LogP contribution in [0.15, 0.2) is 48.7 Å². The number of carbonyl (C=O) groups excluding carboxylic acids is 2. The molecule has 2 atom stereocenters. The van der Waals surface area contributed by atoms with E-state index >= 15 is 0 Å². The molecule has 1 saturated heterocycles. The molecule has 3 heterocycles. The van der Waals surface area contributed by atoms with Crippen molar-refractivity contribution in [2.45, 2.75) is 37.3 Å². The highest BCUT2D eigenvalue weighted by molar-refractivity contribution is 7.07. The van der Waals surface area contributed by atoms with E-state index in [0.717, 1.165) is 29.9 Å². The summed E-state index contributed by atoms with van der Waals surface area (Å²) in [6.07, 6.45) is 2.86. The van der Waals surface area contributed by atoms with Crippen molar-refractivity contribution in [3.63, 3.8) is 0 Å². The smallest absolute Gasteiger partial charge is 0.270 e. The van der Waals surface area contributed by atoms with Crippen LogP contribution in [0, 0.1) is 6.92 Å². The lowest BCUT2D eigenvalue weighted by atomic mass is 9.72. The molecular formula is C24H25N5O3S. The van der Waals surface area contributed by atoms with E-state index in [0.29, 0.717) is 29.4 Å². The van der Waals surface area contributed by atoms with Gasteiger partial charge >= 0.3 is 0 Å². The average Bonchev–Trinajstić information content (AvgIpc) is 3.39. The summed E-state index contributed by atoms with van der Waals surface area (Å²) < 4.78 is 9.97. The fourth-order valence-electron chi connectivity index (χ4n) is 5.32. The van der Waals surface area contributed by atoms with E-state index < -0.39 is 0 Å². The molecule has 33 heavy (non-hydrogen) atoms. The number of pyridine rings is 1. The lowest BCUT2D eigenvalue weighted by molar-refractivity contribution is -0.00927. The van der Waals surface area contributed by atoms with Crippen LogP contribution in [0.2, 0.25) is 0 Å². The molecule has 0 saturated carbocycles. The second-order valence-electron chi connectivity index (χ2n) is 8.55. The minimum absolute atomic E-state index is 0.0161. The van der Waals surface area contributed by atoms with Gasteiger partial charge < -0.3 is 15.0 Å². The number of aromatic nitrogens is 3. The van der Waals surface area contributed by atoms with Gasteiger partial charge in [-0.2, -0.15) is 0 Å². The maximum absolute atomic E-state index is 13.0. The third kappa shape index (κ3) is 3.61. The first-order valence-electron chi connectivity index (χ1n) is 11.0. The third-order valence-corrected chi connectivity index (χ3v) is 7.72. The van der Waals surface area contributed by atoms with Crippen LogP contribution in [0.4, 0.5) is 0 Å². The van der Waals surface area contributed by atoms with Gasteiger partial charge in [0.1, 0.15) is 10.6 Å². The molecule has 0 bridgehead atoms. The number of hydrogen-bond donors (Lipinski definition) is 1. The molecule has 5 rings (SSSR count). The van der Waals surface area contributed by atoms with Crippen LogP contribution < -0.4 is 5.32 Å². The Morgan fingerprint density at radius 3 is 2.58 bits per heavy atom. The van der Waals surface area contributed by atoms with Crippen molar-refractivity contribution in [2.24, 2.45) is 0 Å². The number of carbonyl (C=O) groups is 2. The Hall–Kier alpha value is -3.17. The third-order valence-electron chi connectivity index (χ3n) is 6.91. The Morgan fingerprint density at radius 1 is 1.15 bits per heavy atom. The van der Waals surface area contributed by atoms with Crippen molar-refractivity contribution in [2.75, 3.05) is 20.2 Å². The van der Waals surface area contributed by atoms with Gasteiger partial charge in [-0.25, -0.2) is 0 Å². The number of methoxy groups -OCH3 is 1. The summed E-state index contributed by atoms with van der Waals surface area (Å²) >= 11 is 1.14. The number of nitrogens with one attached hydrogen (secondary N) is 1. The first-order valence-corrected chi connectivity index (χ1v) is 11.7. The van der Waals surface area contributed by atoms with Crippen LogP contribution in [-0.4, -0.2) is 57.6 Å². The number of ether oxygens (including phenoxy) is 1. The van der Waals surface area contributed by atoms with Crippen molar-refractivity contribution in [1.82, 2.24) is 24.8 Å². The molecule has 2 aliphatic rings. The first kappa shape index (κ1) is 21.7. The number of aryl methyl sites for hydroxylation is 1. The molecule has 1 aromatic carbocycles. The molecule has 1 spiro atoms. The van der Waals surface area contributed by atoms with Gasteiger partial charge in [-0.3, -0.25) is 14.6 Å². The predicted octanol–water partition coefficient (Wildman–Crippen LogP) is 2.92. The first-order chi connectivity index (χ1) is 16.0. The predicted molar refractivity (Wildman–Crippen MR) is 123 cm³/mol. The molecule has 1 aliphatic heterocycles. The fourth-order valence-corrected chi connectivity index (χ4v) is 5.94. The zero-order valence-electron chi connectivity index (χ0n) is 18.5. The summed E-state index contributed by atoms with van der Waals surface area (Å²) in [5, 5.41) is 7.14. The molecule has 3 aromatic rings. The van der Waals surface area contributed by atoms with Gasteiger partial charge in [-0.05, 0) is 54.6 Å². The molecule has 2 amide bonds. The highest BCUT2D eigenvalue weighted by Crippen LogP contribution is 2.52. The molecule has 170 valence electrons. The van der Waals surface area contributed by atoms with E-state index in [2.05, 4.69) is 32.0 Å². The number of nitrogens with zero attached hydrogens (tertiary/aromatic N) is 4. The monoisotopic (exact) mass is 463 g/mol. The Labute approximate surface area is 196 Å². The number of piperidine rings is 1. The topological polar surface area (TPSA) is 97.3 Å². The van der Waals surface area contributed by atoms with Gasteiger partial charge in [0.2, 0.25) is 0 Å². The van der Waals surface area contributed by atoms with Crippen molar-refractivity contribution in [3.05, 3.63) is 76.1 Å². The average molecular weight is 464 g/mol. The number of likely N-dealkylation sites (tertiary alicyclic amines) is 1. The zero-order chi connectivity index (χ0) is 23.0. The maximum atomic E-state index is 13.0. The summed E-state index contributed by atoms with van der Waals surface area (Å²) in [4.78, 5) is 32.6. The Morgan fingerprint density at radius 2 is 1.91 bits per heavy atom. The van der Waals surface area contributed by atoms with Crippen LogP contribution in [0.5, 0.6) is 0 Å². The molecule has 2 aromatic heterocycles. The molecule has 8 nitrogen and oxygen atoms in total. The van der Waals surface area contributed by atoms with Crippen LogP contribution >= 0.6 is 11.5 Å². The second-order valence-corrected chi connectivity index (χ2v) is 9.30. The maximum Gasteiger partial charge on any atom is 0.270 e. The van der Waals surface area contributed by atoms with E-state index in [1.807, 2.05) is 24.0 Å². The molecule has 9 heteroatoms. The van der Waals surface area contributed by atoms with Gasteiger partial charge in [0.25, 0.3) is 11.8 Å². The van der Waals surface area contributed by atoms with Crippen LogP contribution in [-0.2, 0) is 10.2 Å². The molecule has 1 aliphatic carbocycles. The van der Waals surface area contributed by atoms with Crippen LogP contribution in [0.3, 0.4) is 0 Å². The Kier molecular flexibility index (Phi) is 5.67. The van der Waals surface area contributed by atoms with Crippen molar-refractivity contribution in [1.29, 1.82) is 0 Å². The number of benzene rings is 1. The van der Waals surface area contributed by atoms with E-state index in [1.165, 1.54) is 5.56 Å². The number of hydrogen-bond acceptors (Lipinski definition) is 7. The van der Waals surface area contributed by atoms with Crippen LogP contribution in [0.1, 0.15) is 55.9 Å². The van der Waals surface area contributed by atoms with Gasteiger partial charge in [-0.15, -0.1) is 5.10 Å². The van der Waals surface area contributed by atoms with Crippen LogP contribution in [0.25, 0.3) is 0 Å². The normalized spacial score (nSPS) is 21.1. The summed E-state index contributed by atoms with van der Waals surface area (Å²) in [6, 6.07) is 13.2. The SMILES string of the molecule is CO[C@H]1[C@H](NC(=O)c2ccccn2)c2ccccc2C12CCN(C(=O)c1snnc1C)CC2. The van der Waals surface area contributed by atoms with E-state index in [-0.39, 0.29) is 29.4 Å². The van der Waals surface area contributed by atoms with Gasteiger partial charge in [0.15, 0.2) is 0 Å². The molecule has 0 unspecified atom stereocenters. The van der Waals surface area contributed by atoms with Crippen molar-refractivity contribution >= 4 is 23.3 Å². The highest BCUT2D eigenvalue weighted by atomic mass is 32.1. The largest absolute Gasteiger partial charge is 0.378 e. The minimum atomic E-state index is -0.295. The minimum Gasteiger partial charge on any atom is -0.378 e. The van der Waals surface area contributed by atoms with E-state index in [1.54, 1.807) is 31.5 Å². The quantitative estimate of drug-likeness (QED) is 0.639. The molecular weight excluding hydrogens is 438 g/mol. The van der Waals surface area contributed by atoms with Gasteiger partial charge in [0, 0.05) is 31.8 Å². The summed E-state index contributed by atoms with van der Waals surface area (Å²) in [5.74, 6) is -0.243. The van der Waals surface area contributed by atoms with Gasteiger partial charge in [-0.1, -0.05) is 34.8 Å². The highest BCUT2D eigenvalue weighted by Gasteiger charge is 2.54. The zero-order valence-corrected chi connectivity index (χ0v) is 19.3. The van der Waals surface area contributed by atoms with E-state index in [9.17, 15) is 9.59 Å². The molecule has 0 radical (unpaired) electrons.